The maximum atomic E-state index is 12.6. The zero-order valence-electron chi connectivity index (χ0n) is 27.1. The number of carbonyl (C=O) groups is 2. The SMILES string of the molecule is CCCCCCCCCCCCCCCCCC(=O)OC[C@@]1(O[C@H]2O[C@H](CO)[C@@H](O)[C@H](O)[C@H]2O)O[C@H](CO)[C@@H](O)[C@@H]1OC(C)=O. The molecular weight excluding hydrogens is 592 g/mol. The van der Waals surface area contributed by atoms with Crippen molar-refractivity contribution in [3.63, 3.8) is 0 Å². The molecule has 0 saturated carbocycles. The molecule has 0 bridgehead atoms. The molecule has 2 aliphatic rings. The van der Waals surface area contributed by atoms with E-state index in [4.69, 9.17) is 23.7 Å². The summed E-state index contributed by atoms with van der Waals surface area (Å²) in [4.78, 5) is 24.5. The van der Waals surface area contributed by atoms with Gasteiger partial charge < -0.3 is 54.3 Å². The van der Waals surface area contributed by atoms with Crippen LogP contribution in [0.2, 0.25) is 0 Å². The first-order valence-electron chi connectivity index (χ1n) is 16.9. The lowest BCUT2D eigenvalue weighted by Crippen LogP contribution is -2.63. The van der Waals surface area contributed by atoms with Crippen molar-refractivity contribution in [1.82, 2.24) is 0 Å². The Morgan fingerprint density at radius 2 is 1.20 bits per heavy atom. The van der Waals surface area contributed by atoms with Crippen LogP contribution in [0.15, 0.2) is 0 Å². The zero-order valence-corrected chi connectivity index (χ0v) is 27.1. The van der Waals surface area contributed by atoms with Gasteiger partial charge in [-0.25, -0.2) is 0 Å². The molecule has 45 heavy (non-hydrogen) atoms. The van der Waals surface area contributed by atoms with Crippen molar-refractivity contribution in [2.24, 2.45) is 0 Å². The van der Waals surface area contributed by atoms with E-state index in [1.807, 2.05) is 0 Å². The van der Waals surface area contributed by atoms with Crippen molar-refractivity contribution >= 4 is 11.9 Å². The van der Waals surface area contributed by atoms with Gasteiger partial charge in [-0.05, 0) is 6.42 Å². The van der Waals surface area contributed by atoms with Crippen LogP contribution in [0.25, 0.3) is 0 Å². The third-order valence-corrected chi connectivity index (χ3v) is 8.53. The molecule has 13 nitrogen and oxygen atoms in total. The van der Waals surface area contributed by atoms with Crippen molar-refractivity contribution < 1.29 is 63.9 Å². The molecule has 0 aliphatic carbocycles. The highest BCUT2D eigenvalue weighted by atomic mass is 16.8. The van der Waals surface area contributed by atoms with Crippen LogP contribution >= 0.6 is 0 Å². The summed E-state index contributed by atoms with van der Waals surface area (Å²) in [5.41, 5.74) is 0. The topological polar surface area (TPSA) is 202 Å². The molecule has 2 rings (SSSR count). The van der Waals surface area contributed by atoms with Crippen LogP contribution in [0, 0.1) is 0 Å². The summed E-state index contributed by atoms with van der Waals surface area (Å²) in [6.45, 7) is 1.14. The van der Waals surface area contributed by atoms with Gasteiger partial charge in [0.25, 0.3) is 0 Å². The summed E-state index contributed by atoms with van der Waals surface area (Å²) in [7, 11) is 0. The number of carbonyl (C=O) groups excluding carboxylic acids is 2. The van der Waals surface area contributed by atoms with Crippen LogP contribution in [0.3, 0.4) is 0 Å². The Hall–Kier alpha value is -1.42. The van der Waals surface area contributed by atoms with Gasteiger partial charge in [-0.1, -0.05) is 96.8 Å². The Morgan fingerprint density at radius 3 is 1.69 bits per heavy atom. The van der Waals surface area contributed by atoms with E-state index in [2.05, 4.69) is 6.92 Å². The Kier molecular flexibility index (Phi) is 19.0. The first-order chi connectivity index (χ1) is 21.6. The number of ether oxygens (including phenoxy) is 5. The molecule has 264 valence electrons. The van der Waals surface area contributed by atoms with Crippen molar-refractivity contribution in [2.45, 2.75) is 171 Å². The molecule has 0 aromatic rings. The summed E-state index contributed by atoms with van der Waals surface area (Å²) in [5.74, 6) is -3.70. The van der Waals surface area contributed by atoms with Gasteiger partial charge in [0.2, 0.25) is 5.79 Å². The first-order valence-corrected chi connectivity index (χ1v) is 16.9. The molecule has 13 heteroatoms. The Labute approximate surface area is 267 Å². The van der Waals surface area contributed by atoms with Gasteiger partial charge in [-0.3, -0.25) is 9.59 Å². The molecule has 0 unspecified atom stereocenters. The molecule has 9 atom stereocenters. The number of rotatable bonds is 23. The van der Waals surface area contributed by atoms with Crippen molar-refractivity contribution in [1.29, 1.82) is 0 Å². The second-order valence-electron chi connectivity index (χ2n) is 12.3. The molecule has 0 spiro atoms. The largest absolute Gasteiger partial charge is 0.460 e. The van der Waals surface area contributed by atoms with E-state index in [-0.39, 0.29) is 6.42 Å². The monoisotopic (exact) mass is 650 g/mol. The number of aliphatic hydroxyl groups excluding tert-OH is 6. The van der Waals surface area contributed by atoms with Gasteiger partial charge in [0.1, 0.15) is 43.2 Å². The standard InChI is InChI=1S/C32H58O13/c1-3-4-5-6-7-8-9-10-11-12-13-14-15-16-17-18-25(36)41-21-32(30(42-22(2)35)27(38)24(20-34)44-32)45-31-29(40)28(39)26(37)23(19-33)43-31/h23-24,26-31,33-34,37-40H,3-21H2,1-2H3/t23-,24-,26-,27-,28+,29-,30+,31-,32+/m1/s1. The van der Waals surface area contributed by atoms with Crippen LogP contribution < -0.4 is 0 Å². The molecule has 0 aromatic heterocycles. The lowest BCUT2D eigenvalue weighted by molar-refractivity contribution is -0.384. The molecule has 2 heterocycles. The van der Waals surface area contributed by atoms with E-state index in [1.165, 1.54) is 70.6 Å². The Bertz CT molecular complexity index is 827. The van der Waals surface area contributed by atoms with E-state index in [0.717, 1.165) is 26.2 Å². The van der Waals surface area contributed by atoms with E-state index >= 15 is 0 Å². The lowest BCUT2D eigenvalue weighted by atomic mass is 9.99. The molecule has 2 aliphatic heterocycles. The van der Waals surface area contributed by atoms with Crippen molar-refractivity contribution in [2.75, 3.05) is 19.8 Å². The smallest absolute Gasteiger partial charge is 0.305 e. The third-order valence-electron chi connectivity index (χ3n) is 8.53. The van der Waals surface area contributed by atoms with E-state index in [0.29, 0.717) is 6.42 Å². The van der Waals surface area contributed by atoms with Gasteiger partial charge in [-0.2, -0.15) is 0 Å². The molecule has 0 amide bonds. The predicted molar refractivity (Wildman–Crippen MR) is 162 cm³/mol. The minimum absolute atomic E-state index is 0.0958. The molecule has 2 fully saturated rings. The highest BCUT2D eigenvalue weighted by molar-refractivity contribution is 5.69. The average molecular weight is 651 g/mol. The van der Waals surface area contributed by atoms with E-state index < -0.39 is 86.6 Å². The maximum Gasteiger partial charge on any atom is 0.305 e. The molecular formula is C32H58O13. The van der Waals surface area contributed by atoms with Crippen LogP contribution in [0.4, 0.5) is 0 Å². The van der Waals surface area contributed by atoms with Crippen LogP contribution in [-0.4, -0.2) is 117 Å². The second kappa shape index (κ2) is 21.5. The molecule has 6 N–H and O–H groups in total. The second-order valence-corrected chi connectivity index (χ2v) is 12.3. The third kappa shape index (κ3) is 13.0. The first kappa shape index (κ1) is 39.8. The molecule has 2 saturated heterocycles. The van der Waals surface area contributed by atoms with Crippen molar-refractivity contribution in [3.05, 3.63) is 0 Å². The van der Waals surface area contributed by atoms with E-state index in [1.54, 1.807) is 0 Å². The fourth-order valence-electron chi connectivity index (χ4n) is 5.83. The van der Waals surface area contributed by atoms with Crippen LogP contribution in [0.5, 0.6) is 0 Å². The number of hydrogen-bond donors (Lipinski definition) is 6. The summed E-state index contributed by atoms with van der Waals surface area (Å²) in [5, 5.41) is 60.8. The quantitative estimate of drug-likeness (QED) is 0.0693. The Morgan fingerprint density at radius 1 is 0.689 bits per heavy atom. The summed E-state index contributed by atoms with van der Waals surface area (Å²) >= 11 is 0. The van der Waals surface area contributed by atoms with Gasteiger partial charge >= 0.3 is 11.9 Å². The van der Waals surface area contributed by atoms with Gasteiger partial charge in [0.05, 0.1) is 13.2 Å². The number of hydrogen-bond acceptors (Lipinski definition) is 13. The minimum Gasteiger partial charge on any atom is -0.460 e. The number of unbranched alkanes of at least 4 members (excludes halogenated alkanes) is 14. The summed E-state index contributed by atoms with van der Waals surface area (Å²) in [6.07, 6.45) is 4.92. The Balaban J connectivity index is 1.82. The molecule has 0 radical (unpaired) electrons. The normalized spacial score (nSPS) is 31.6. The van der Waals surface area contributed by atoms with Gasteiger partial charge in [0, 0.05) is 13.3 Å². The lowest BCUT2D eigenvalue weighted by Gasteiger charge is -2.43. The average Bonchev–Trinajstić information content (AvgIpc) is 3.27. The highest BCUT2D eigenvalue weighted by Crippen LogP contribution is 2.38. The maximum absolute atomic E-state index is 12.6. The number of esters is 2. The molecule has 0 aromatic carbocycles. The number of aliphatic hydroxyl groups is 6. The minimum atomic E-state index is -2.25. The highest BCUT2D eigenvalue weighted by Gasteiger charge is 2.61. The van der Waals surface area contributed by atoms with Crippen LogP contribution in [-0.2, 0) is 33.3 Å². The fraction of sp³-hybridized carbons (Fsp3) is 0.938. The van der Waals surface area contributed by atoms with Gasteiger partial charge in [-0.15, -0.1) is 0 Å². The fourth-order valence-corrected chi connectivity index (χ4v) is 5.83. The van der Waals surface area contributed by atoms with Crippen molar-refractivity contribution in [3.8, 4) is 0 Å². The predicted octanol–water partition coefficient (Wildman–Crippen LogP) is 1.99. The summed E-state index contributed by atoms with van der Waals surface area (Å²) in [6, 6.07) is 0. The summed E-state index contributed by atoms with van der Waals surface area (Å²) < 4.78 is 27.6. The van der Waals surface area contributed by atoms with Crippen LogP contribution in [0.1, 0.15) is 117 Å². The zero-order chi connectivity index (χ0) is 33.2. The van der Waals surface area contributed by atoms with E-state index in [9.17, 15) is 40.2 Å². The van der Waals surface area contributed by atoms with Gasteiger partial charge in [0.15, 0.2) is 12.4 Å².